The Labute approximate surface area is 123 Å². The van der Waals surface area contributed by atoms with Crippen molar-refractivity contribution in [3.05, 3.63) is 72.2 Å². The number of halogens is 1. The summed E-state index contributed by atoms with van der Waals surface area (Å²) in [5.74, 6) is -0.206. The van der Waals surface area contributed by atoms with Crippen LogP contribution < -0.4 is 5.32 Å². The normalized spacial score (nSPS) is 12.3. The number of anilines is 1. The van der Waals surface area contributed by atoms with Crippen LogP contribution in [0.4, 0.5) is 10.1 Å². The quantitative estimate of drug-likeness (QED) is 0.732. The zero-order chi connectivity index (χ0) is 14.7. The van der Waals surface area contributed by atoms with Crippen LogP contribution in [0.3, 0.4) is 0 Å². The standard InChI is InChI=1S/C18H17FN2/c1-2-16(13-8-10-14(19)11-9-13)21-18-7-3-6-17-15(18)5-4-12-20-17/h3-12,16,21H,2H2,1H3. The van der Waals surface area contributed by atoms with Gasteiger partial charge in [-0.3, -0.25) is 4.98 Å². The molecule has 0 amide bonds. The van der Waals surface area contributed by atoms with Crippen LogP contribution in [0.5, 0.6) is 0 Å². The summed E-state index contributed by atoms with van der Waals surface area (Å²) in [5.41, 5.74) is 3.10. The zero-order valence-corrected chi connectivity index (χ0v) is 11.9. The van der Waals surface area contributed by atoms with Gasteiger partial charge in [-0.05, 0) is 48.4 Å². The van der Waals surface area contributed by atoms with Gasteiger partial charge >= 0.3 is 0 Å². The fourth-order valence-corrected chi connectivity index (χ4v) is 2.53. The Morgan fingerprint density at radius 3 is 2.62 bits per heavy atom. The van der Waals surface area contributed by atoms with Gasteiger partial charge in [-0.2, -0.15) is 0 Å². The van der Waals surface area contributed by atoms with Crippen LogP contribution in [0.15, 0.2) is 60.8 Å². The van der Waals surface area contributed by atoms with Crippen molar-refractivity contribution in [1.29, 1.82) is 0 Å². The number of benzene rings is 2. The van der Waals surface area contributed by atoms with E-state index in [2.05, 4.69) is 29.4 Å². The van der Waals surface area contributed by atoms with Crippen LogP contribution in [0.1, 0.15) is 24.9 Å². The molecule has 0 aliphatic heterocycles. The average Bonchev–Trinajstić information content (AvgIpc) is 2.54. The molecule has 1 unspecified atom stereocenters. The monoisotopic (exact) mass is 280 g/mol. The predicted octanol–water partition coefficient (Wildman–Crippen LogP) is 4.94. The first-order valence-electron chi connectivity index (χ1n) is 7.13. The Bertz CT molecular complexity index is 732. The molecule has 0 aliphatic carbocycles. The minimum atomic E-state index is -0.206. The molecule has 0 aliphatic rings. The van der Waals surface area contributed by atoms with Gasteiger partial charge < -0.3 is 5.32 Å². The van der Waals surface area contributed by atoms with E-state index in [1.54, 1.807) is 6.20 Å². The number of hydrogen-bond donors (Lipinski definition) is 1. The number of fused-ring (bicyclic) bond motifs is 1. The van der Waals surface area contributed by atoms with Crippen molar-refractivity contribution in [2.45, 2.75) is 19.4 Å². The van der Waals surface area contributed by atoms with Crippen molar-refractivity contribution in [3.63, 3.8) is 0 Å². The summed E-state index contributed by atoms with van der Waals surface area (Å²) in [5, 5.41) is 4.64. The fourth-order valence-electron chi connectivity index (χ4n) is 2.53. The van der Waals surface area contributed by atoms with Crippen molar-refractivity contribution in [1.82, 2.24) is 4.98 Å². The summed E-state index contributed by atoms with van der Waals surface area (Å²) < 4.78 is 13.1. The Morgan fingerprint density at radius 2 is 1.86 bits per heavy atom. The largest absolute Gasteiger partial charge is 0.378 e. The molecule has 3 aromatic rings. The lowest BCUT2D eigenvalue weighted by Gasteiger charge is -2.20. The number of rotatable bonds is 4. The van der Waals surface area contributed by atoms with E-state index in [0.29, 0.717) is 0 Å². The lowest BCUT2D eigenvalue weighted by molar-refractivity contribution is 0.625. The topological polar surface area (TPSA) is 24.9 Å². The second kappa shape index (κ2) is 5.92. The molecule has 1 aromatic heterocycles. The molecule has 2 aromatic carbocycles. The minimum absolute atomic E-state index is 0.149. The third-order valence-corrected chi connectivity index (χ3v) is 3.66. The minimum Gasteiger partial charge on any atom is -0.378 e. The van der Waals surface area contributed by atoms with Crippen LogP contribution in [0, 0.1) is 5.82 Å². The molecule has 3 heteroatoms. The molecular formula is C18H17FN2. The van der Waals surface area contributed by atoms with E-state index in [-0.39, 0.29) is 11.9 Å². The Balaban J connectivity index is 1.94. The fraction of sp³-hybridized carbons (Fsp3) is 0.167. The maximum atomic E-state index is 13.1. The molecule has 0 bridgehead atoms. The van der Waals surface area contributed by atoms with Gasteiger partial charge in [-0.25, -0.2) is 4.39 Å². The van der Waals surface area contributed by atoms with Crippen LogP contribution in [-0.2, 0) is 0 Å². The molecular weight excluding hydrogens is 263 g/mol. The van der Waals surface area contributed by atoms with Gasteiger partial charge in [0.1, 0.15) is 5.82 Å². The van der Waals surface area contributed by atoms with E-state index in [1.807, 2.05) is 30.3 Å². The number of hydrogen-bond acceptors (Lipinski definition) is 2. The highest BCUT2D eigenvalue weighted by molar-refractivity contribution is 5.91. The molecule has 21 heavy (non-hydrogen) atoms. The van der Waals surface area contributed by atoms with Gasteiger partial charge in [0.15, 0.2) is 0 Å². The molecule has 0 saturated heterocycles. The molecule has 0 spiro atoms. The second-order valence-electron chi connectivity index (χ2n) is 5.03. The van der Waals surface area contributed by atoms with Crippen molar-refractivity contribution >= 4 is 16.6 Å². The van der Waals surface area contributed by atoms with E-state index in [1.165, 1.54) is 12.1 Å². The summed E-state index contributed by atoms with van der Waals surface area (Å²) in [6.45, 7) is 2.12. The SMILES string of the molecule is CCC(Nc1cccc2ncccc12)c1ccc(F)cc1. The first kappa shape index (κ1) is 13.6. The summed E-state index contributed by atoms with van der Waals surface area (Å²) in [6.07, 6.45) is 2.71. The Kier molecular flexibility index (Phi) is 3.82. The lowest BCUT2D eigenvalue weighted by atomic mass is 10.0. The molecule has 0 saturated carbocycles. The van der Waals surface area contributed by atoms with E-state index >= 15 is 0 Å². The predicted molar refractivity (Wildman–Crippen MR) is 84.8 cm³/mol. The highest BCUT2D eigenvalue weighted by Gasteiger charge is 2.11. The lowest BCUT2D eigenvalue weighted by Crippen LogP contribution is -2.10. The van der Waals surface area contributed by atoms with E-state index in [9.17, 15) is 4.39 Å². The van der Waals surface area contributed by atoms with Crippen LogP contribution in [0.25, 0.3) is 10.9 Å². The number of pyridine rings is 1. The smallest absolute Gasteiger partial charge is 0.123 e. The summed E-state index contributed by atoms with van der Waals surface area (Å²) in [4.78, 5) is 4.37. The van der Waals surface area contributed by atoms with Crippen LogP contribution >= 0.6 is 0 Å². The van der Waals surface area contributed by atoms with Crippen LogP contribution in [-0.4, -0.2) is 4.98 Å². The van der Waals surface area contributed by atoms with Crippen LogP contribution in [0.2, 0.25) is 0 Å². The highest BCUT2D eigenvalue weighted by atomic mass is 19.1. The molecule has 1 atom stereocenters. The molecule has 1 N–H and O–H groups in total. The molecule has 0 fully saturated rings. The van der Waals surface area contributed by atoms with Gasteiger partial charge in [0, 0.05) is 17.3 Å². The number of nitrogens with one attached hydrogen (secondary N) is 1. The highest BCUT2D eigenvalue weighted by Crippen LogP contribution is 2.27. The Hall–Kier alpha value is -2.42. The maximum Gasteiger partial charge on any atom is 0.123 e. The molecule has 1 heterocycles. The van der Waals surface area contributed by atoms with Gasteiger partial charge in [0.25, 0.3) is 0 Å². The summed E-state index contributed by atoms with van der Waals surface area (Å²) >= 11 is 0. The van der Waals surface area contributed by atoms with Crippen molar-refractivity contribution < 1.29 is 4.39 Å². The van der Waals surface area contributed by atoms with Gasteiger partial charge in [0.05, 0.1) is 11.6 Å². The van der Waals surface area contributed by atoms with Crippen molar-refractivity contribution in [2.75, 3.05) is 5.32 Å². The third kappa shape index (κ3) is 2.87. The third-order valence-electron chi connectivity index (χ3n) is 3.66. The first-order chi connectivity index (χ1) is 10.3. The maximum absolute atomic E-state index is 13.1. The molecule has 2 nitrogen and oxygen atoms in total. The zero-order valence-electron chi connectivity index (χ0n) is 11.9. The molecule has 3 rings (SSSR count). The van der Waals surface area contributed by atoms with Gasteiger partial charge in [-0.1, -0.05) is 25.1 Å². The Morgan fingerprint density at radius 1 is 1.05 bits per heavy atom. The number of aromatic nitrogens is 1. The summed E-state index contributed by atoms with van der Waals surface area (Å²) in [7, 11) is 0. The van der Waals surface area contributed by atoms with E-state index in [0.717, 1.165) is 28.6 Å². The van der Waals surface area contributed by atoms with E-state index < -0.39 is 0 Å². The van der Waals surface area contributed by atoms with Crippen molar-refractivity contribution in [2.24, 2.45) is 0 Å². The molecule has 0 radical (unpaired) electrons. The average molecular weight is 280 g/mol. The second-order valence-corrected chi connectivity index (χ2v) is 5.03. The first-order valence-corrected chi connectivity index (χ1v) is 7.13. The summed E-state index contributed by atoms with van der Waals surface area (Å²) in [6, 6.07) is 16.9. The van der Waals surface area contributed by atoms with Gasteiger partial charge in [0.2, 0.25) is 0 Å². The van der Waals surface area contributed by atoms with Gasteiger partial charge in [-0.15, -0.1) is 0 Å². The van der Waals surface area contributed by atoms with Crippen molar-refractivity contribution in [3.8, 4) is 0 Å². The molecule has 106 valence electrons. The van der Waals surface area contributed by atoms with E-state index in [4.69, 9.17) is 0 Å². The number of nitrogens with zero attached hydrogens (tertiary/aromatic N) is 1.